The predicted octanol–water partition coefficient (Wildman–Crippen LogP) is 1.22. The second kappa shape index (κ2) is 7.46. The number of hydrogen-bond donors (Lipinski definition) is 1. The second-order valence-corrected chi connectivity index (χ2v) is 6.38. The Morgan fingerprint density at radius 2 is 2.07 bits per heavy atom. The molecule has 2 aliphatic rings. The molecule has 1 saturated heterocycles. The molecule has 10 nitrogen and oxygen atoms in total. The Balaban J connectivity index is 1.87. The third-order valence-corrected chi connectivity index (χ3v) is 4.67. The van der Waals surface area contributed by atoms with E-state index in [-0.39, 0.29) is 24.0 Å². The molecule has 10 heteroatoms. The molecule has 2 heterocycles. The number of anilines is 1. The molecule has 27 heavy (non-hydrogen) atoms. The van der Waals surface area contributed by atoms with Crippen molar-refractivity contribution in [2.24, 2.45) is 5.11 Å². The zero-order chi connectivity index (χ0) is 19.6. The largest absolute Gasteiger partial charge is 0.374 e. The molecule has 1 N–H and O–H groups in total. The summed E-state index contributed by atoms with van der Waals surface area (Å²) in [6.07, 6.45) is 0.784. The van der Waals surface area contributed by atoms with Gasteiger partial charge in [0.2, 0.25) is 11.8 Å². The van der Waals surface area contributed by atoms with E-state index in [0.717, 1.165) is 4.90 Å². The Labute approximate surface area is 154 Å². The lowest BCUT2D eigenvalue weighted by molar-refractivity contribution is -0.136. The first-order chi connectivity index (χ1) is 13.0. The second-order valence-electron chi connectivity index (χ2n) is 6.38. The van der Waals surface area contributed by atoms with Crippen LogP contribution in [0.5, 0.6) is 0 Å². The molecule has 4 amide bonds. The van der Waals surface area contributed by atoms with E-state index in [1.54, 1.807) is 25.2 Å². The molecule has 0 aromatic heterocycles. The first kappa shape index (κ1) is 18.4. The molecule has 0 radical (unpaired) electrons. The molecule has 0 saturated carbocycles. The minimum absolute atomic E-state index is 0.0793. The Hall–Kier alpha value is -3.39. The maximum absolute atomic E-state index is 13.0. The number of nitrogens with one attached hydrogen (secondary N) is 1. The number of rotatable bonds is 6. The molecule has 0 aliphatic carbocycles. The summed E-state index contributed by atoms with van der Waals surface area (Å²) in [6, 6.07) is 3.97. The van der Waals surface area contributed by atoms with E-state index in [1.165, 1.54) is 0 Å². The first-order valence-electron chi connectivity index (χ1n) is 8.52. The third kappa shape index (κ3) is 3.34. The fourth-order valence-corrected chi connectivity index (χ4v) is 3.36. The van der Waals surface area contributed by atoms with Crippen molar-refractivity contribution < 1.29 is 19.2 Å². The fourth-order valence-electron chi connectivity index (χ4n) is 3.36. The Morgan fingerprint density at radius 1 is 1.30 bits per heavy atom. The van der Waals surface area contributed by atoms with Crippen LogP contribution in [-0.2, 0) is 9.59 Å². The molecule has 3 rings (SSSR count). The summed E-state index contributed by atoms with van der Waals surface area (Å²) in [5.41, 5.74) is 9.39. The summed E-state index contributed by atoms with van der Waals surface area (Å²) in [5.74, 6) is -2.12. The summed E-state index contributed by atoms with van der Waals surface area (Å²) in [4.78, 5) is 54.7. The minimum atomic E-state index is -0.988. The van der Waals surface area contributed by atoms with E-state index in [2.05, 4.69) is 15.3 Å². The fraction of sp³-hybridized carbons (Fsp3) is 0.412. The summed E-state index contributed by atoms with van der Waals surface area (Å²) in [5, 5.41) is 5.65. The van der Waals surface area contributed by atoms with E-state index in [0.29, 0.717) is 25.2 Å². The van der Waals surface area contributed by atoms with Crippen LogP contribution in [0.4, 0.5) is 5.69 Å². The van der Waals surface area contributed by atoms with E-state index in [4.69, 9.17) is 5.53 Å². The Bertz CT molecular complexity index is 876. The maximum atomic E-state index is 13.0. The molecule has 1 aromatic carbocycles. The topological polar surface area (TPSA) is 136 Å². The number of nitrogens with zero attached hydrogens (tertiary/aromatic N) is 5. The highest BCUT2D eigenvalue weighted by atomic mass is 16.2. The standard InChI is InChI=1S/C17H18N6O4/c1-22(9-3-8-19-21-18)11-5-2-4-10-14(11)17(27)23(16(10)26)12-6-7-13(24)20-15(12)25/h2,4-5,12H,3,6-9H2,1H3,(H,20,24,25). The zero-order valence-corrected chi connectivity index (χ0v) is 14.7. The summed E-state index contributed by atoms with van der Waals surface area (Å²) in [6.45, 7) is 0.848. The molecule has 1 fully saturated rings. The smallest absolute Gasteiger partial charge is 0.264 e. The number of fused-ring (bicyclic) bond motifs is 1. The van der Waals surface area contributed by atoms with Crippen LogP contribution in [-0.4, -0.2) is 54.7 Å². The van der Waals surface area contributed by atoms with Gasteiger partial charge in [0.05, 0.1) is 16.8 Å². The van der Waals surface area contributed by atoms with Crippen molar-refractivity contribution in [1.82, 2.24) is 10.2 Å². The lowest BCUT2D eigenvalue weighted by atomic mass is 10.0. The normalized spacial score (nSPS) is 18.9. The molecule has 0 spiro atoms. The minimum Gasteiger partial charge on any atom is -0.374 e. The van der Waals surface area contributed by atoms with Crippen molar-refractivity contribution in [2.45, 2.75) is 25.3 Å². The van der Waals surface area contributed by atoms with Crippen LogP contribution in [0.2, 0.25) is 0 Å². The molecule has 1 atom stereocenters. The summed E-state index contributed by atoms with van der Waals surface area (Å²) >= 11 is 0. The van der Waals surface area contributed by atoms with Crippen molar-refractivity contribution in [3.63, 3.8) is 0 Å². The van der Waals surface area contributed by atoms with Gasteiger partial charge in [0.15, 0.2) is 0 Å². The van der Waals surface area contributed by atoms with Crippen molar-refractivity contribution in [3.05, 3.63) is 39.8 Å². The van der Waals surface area contributed by atoms with Crippen LogP contribution < -0.4 is 10.2 Å². The van der Waals surface area contributed by atoms with Crippen molar-refractivity contribution in [2.75, 3.05) is 25.0 Å². The van der Waals surface area contributed by atoms with E-state index in [1.807, 2.05) is 4.90 Å². The molecule has 140 valence electrons. The van der Waals surface area contributed by atoms with Gasteiger partial charge in [-0.3, -0.25) is 29.4 Å². The quantitative estimate of drug-likeness (QED) is 0.264. The van der Waals surface area contributed by atoms with Gasteiger partial charge < -0.3 is 4.90 Å². The molecular formula is C17H18N6O4. The average Bonchev–Trinajstić information content (AvgIpc) is 2.90. The number of carbonyl (C=O) groups is 4. The monoisotopic (exact) mass is 370 g/mol. The van der Waals surface area contributed by atoms with Crippen molar-refractivity contribution in [3.8, 4) is 0 Å². The van der Waals surface area contributed by atoms with Gasteiger partial charge in [-0.05, 0) is 30.5 Å². The SMILES string of the molecule is CN(CCCN=[N+]=[N-])c1cccc2c1C(=O)N(C1CCC(=O)NC1=O)C2=O. The van der Waals surface area contributed by atoms with Gasteiger partial charge in [-0.15, -0.1) is 0 Å². The van der Waals surface area contributed by atoms with E-state index < -0.39 is 29.7 Å². The van der Waals surface area contributed by atoms with Crippen LogP contribution in [0, 0.1) is 0 Å². The summed E-state index contributed by atoms with van der Waals surface area (Å²) < 4.78 is 0. The van der Waals surface area contributed by atoms with Gasteiger partial charge in [-0.1, -0.05) is 11.2 Å². The van der Waals surface area contributed by atoms with Crippen LogP contribution in [0.3, 0.4) is 0 Å². The average molecular weight is 370 g/mol. The van der Waals surface area contributed by atoms with Crippen LogP contribution in [0.1, 0.15) is 40.0 Å². The highest BCUT2D eigenvalue weighted by Gasteiger charge is 2.45. The maximum Gasteiger partial charge on any atom is 0.264 e. The molecule has 0 bridgehead atoms. The van der Waals surface area contributed by atoms with Crippen LogP contribution >= 0.6 is 0 Å². The van der Waals surface area contributed by atoms with Gasteiger partial charge in [-0.25, -0.2) is 0 Å². The third-order valence-electron chi connectivity index (χ3n) is 4.67. The number of hydrogen-bond acceptors (Lipinski definition) is 6. The first-order valence-corrected chi connectivity index (χ1v) is 8.52. The highest BCUT2D eigenvalue weighted by molar-refractivity contribution is 6.25. The highest BCUT2D eigenvalue weighted by Crippen LogP contribution is 2.33. The number of imide groups is 2. The predicted molar refractivity (Wildman–Crippen MR) is 95.0 cm³/mol. The van der Waals surface area contributed by atoms with Gasteiger partial charge in [-0.2, -0.15) is 0 Å². The van der Waals surface area contributed by atoms with Gasteiger partial charge >= 0.3 is 0 Å². The zero-order valence-electron chi connectivity index (χ0n) is 14.7. The molecule has 1 unspecified atom stereocenters. The van der Waals surface area contributed by atoms with E-state index in [9.17, 15) is 19.2 Å². The van der Waals surface area contributed by atoms with Gasteiger partial charge in [0.25, 0.3) is 11.8 Å². The van der Waals surface area contributed by atoms with Crippen molar-refractivity contribution in [1.29, 1.82) is 0 Å². The number of azide groups is 1. The molecule has 1 aromatic rings. The van der Waals surface area contributed by atoms with Crippen LogP contribution in [0.25, 0.3) is 10.4 Å². The lowest BCUT2D eigenvalue weighted by Crippen LogP contribution is -2.54. The van der Waals surface area contributed by atoms with Gasteiger partial charge in [0.1, 0.15) is 6.04 Å². The van der Waals surface area contributed by atoms with E-state index >= 15 is 0 Å². The number of benzene rings is 1. The lowest BCUT2D eigenvalue weighted by Gasteiger charge is -2.28. The molecule has 2 aliphatic heterocycles. The summed E-state index contributed by atoms with van der Waals surface area (Å²) in [7, 11) is 1.78. The Morgan fingerprint density at radius 3 is 2.78 bits per heavy atom. The Kier molecular flexibility index (Phi) is 5.09. The van der Waals surface area contributed by atoms with Crippen molar-refractivity contribution >= 4 is 29.3 Å². The molecular weight excluding hydrogens is 352 g/mol. The number of amides is 4. The number of piperidine rings is 1. The van der Waals surface area contributed by atoms with Crippen LogP contribution in [0.15, 0.2) is 23.3 Å². The van der Waals surface area contributed by atoms with Gasteiger partial charge in [0, 0.05) is 31.5 Å². The number of carbonyl (C=O) groups excluding carboxylic acids is 4.